The van der Waals surface area contributed by atoms with Gasteiger partial charge < -0.3 is 14.8 Å². The van der Waals surface area contributed by atoms with E-state index in [4.69, 9.17) is 21.1 Å². The molecule has 2 aromatic carbocycles. The van der Waals surface area contributed by atoms with Gasteiger partial charge in [-0.1, -0.05) is 11.6 Å². The number of carbonyl (C=O) groups is 1. The lowest BCUT2D eigenvalue weighted by Gasteiger charge is -2.07. The van der Waals surface area contributed by atoms with Crippen molar-refractivity contribution in [2.45, 2.75) is 0 Å². The Kier molecular flexibility index (Phi) is 5.78. The van der Waals surface area contributed by atoms with Gasteiger partial charge in [0.2, 0.25) is 0 Å². The van der Waals surface area contributed by atoms with Gasteiger partial charge >= 0.3 is 0 Å². The summed E-state index contributed by atoms with van der Waals surface area (Å²) in [5, 5.41) is 13.1. The van der Waals surface area contributed by atoms with Crippen LogP contribution in [0.25, 0.3) is 17.0 Å². The van der Waals surface area contributed by atoms with Crippen LogP contribution in [0.1, 0.15) is 5.56 Å². The molecule has 1 aromatic heterocycles. The Balaban J connectivity index is 1.91. The van der Waals surface area contributed by atoms with Gasteiger partial charge in [0.1, 0.15) is 28.3 Å². The molecule has 0 aliphatic rings. The Morgan fingerprint density at radius 3 is 2.43 bits per heavy atom. The number of aromatic nitrogens is 1. The Morgan fingerprint density at radius 1 is 1.11 bits per heavy atom. The molecule has 0 atom stereocenters. The largest absolute Gasteiger partial charge is 0.497 e. The number of nitrogens with zero attached hydrogens (tertiary/aromatic N) is 2. The minimum Gasteiger partial charge on any atom is -0.497 e. The fraction of sp³-hybridized carbons (Fsp3) is 0.0952. The number of fused-ring (bicyclic) bond motifs is 1. The van der Waals surface area contributed by atoms with Crippen LogP contribution < -0.4 is 14.8 Å². The predicted molar refractivity (Wildman–Crippen MR) is 109 cm³/mol. The standard InChI is InChI=1S/C21H16ClN3O3/c1-27-17-5-3-16(4-6-17)24-21(26)15(12-23)10-14-9-13-11-18(28-2)7-8-19(13)25-20(14)22/h3-11H,1-2H3,(H,24,26)/b15-10+. The van der Waals surface area contributed by atoms with Crippen LogP contribution in [0.15, 0.2) is 54.1 Å². The number of methoxy groups -OCH3 is 2. The molecule has 0 bridgehead atoms. The van der Waals surface area contributed by atoms with E-state index in [-0.39, 0.29) is 10.7 Å². The Morgan fingerprint density at radius 2 is 1.79 bits per heavy atom. The number of rotatable bonds is 5. The predicted octanol–water partition coefficient (Wildman–Crippen LogP) is 4.45. The summed E-state index contributed by atoms with van der Waals surface area (Å²) in [6.45, 7) is 0. The number of anilines is 1. The molecule has 0 fully saturated rings. The van der Waals surface area contributed by atoms with Crippen molar-refractivity contribution < 1.29 is 14.3 Å². The van der Waals surface area contributed by atoms with Crippen LogP contribution in [0.3, 0.4) is 0 Å². The molecule has 3 aromatic rings. The lowest BCUT2D eigenvalue weighted by Crippen LogP contribution is -2.13. The third kappa shape index (κ3) is 4.22. The summed E-state index contributed by atoms with van der Waals surface area (Å²) in [5.74, 6) is 0.789. The number of hydrogen-bond acceptors (Lipinski definition) is 5. The average Bonchev–Trinajstić information content (AvgIpc) is 2.72. The first kappa shape index (κ1) is 19.2. The van der Waals surface area contributed by atoms with Crippen molar-refractivity contribution in [2.24, 2.45) is 0 Å². The van der Waals surface area contributed by atoms with E-state index < -0.39 is 5.91 Å². The van der Waals surface area contributed by atoms with Crippen molar-refractivity contribution in [3.8, 4) is 17.6 Å². The summed E-state index contributed by atoms with van der Waals surface area (Å²) in [6, 6.07) is 15.8. The van der Waals surface area contributed by atoms with Crippen molar-refractivity contribution in [1.82, 2.24) is 4.98 Å². The zero-order valence-electron chi connectivity index (χ0n) is 15.2. The lowest BCUT2D eigenvalue weighted by molar-refractivity contribution is -0.112. The summed E-state index contributed by atoms with van der Waals surface area (Å²) < 4.78 is 10.3. The Bertz CT molecular complexity index is 1100. The van der Waals surface area contributed by atoms with Gasteiger partial charge in [-0.15, -0.1) is 0 Å². The minimum atomic E-state index is -0.547. The molecule has 140 valence electrons. The van der Waals surface area contributed by atoms with Crippen LogP contribution >= 0.6 is 11.6 Å². The second kappa shape index (κ2) is 8.42. The van der Waals surface area contributed by atoms with Crippen LogP contribution in [0.5, 0.6) is 11.5 Å². The molecule has 0 saturated heterocycles. The van der Waals surface area contributed by atoms with E-state index in [9.17, 15) is 10.1 Å². The maximum absolute atomic E-state index is 12.5. The van der Waals surface area contributed by atoms with Crippen LogP contribution in [-0.4, -0.2) is 25.1 Å². The first-order chi connectivity index (χ1) is 13.5. The van der Waals surface area contributed by atoms with E-state index in [1.807, 2.05) is 6.07 Å². The molecule has 0 aliphatic carbocycles. The topological polar surface area (TPSA) is 84.2 Å². The molecule has 7 heteroatoms. The van der Waals surface area contributed by atoms with E-state index >= 15 is 0 Å². The molecular formula is C21H16ClN3O3. The van der Waals surface area contributed by atoms with Crippen molar-refractivity contribution in [3.63, 3.8) is 0 Å². The van der Waals surface area contributed by atoms with Gasteiger partial charge in [0.15, 0.2) is 0 Å². The molecule has 28 heavy (non-hydrogen) atoms. The van der Waals surface area contributed by atoms with Crippen molar-refractivity contribution in [3.05, 3.63) is 64.8 Å². The SMILES string of the molecule is COc1ccc(NC(=O)/C(C#N)=C/c2cc3cc(OC)ccc3nc2Cl)cc1. The maximum Gasteiger partial charge on any atom is 0.266 e. The quantitative estimate of drug-likeness (QED) is 0.393. The Labute approximate surface area is 167 Å². The number of hydrogen-bond donors (Lipinski definition) is 1. The number of benzene rings is 2. The normalized spacial score (nSPS) is 11.0. The number of halogens is 1. The fourth-order valence-electron chi connectivity index (χ4n) is 2.55. The highest BCUT2D eigenvalue weighted by molar-refractivity contribution is 6.31. The maximum atomic E-state index is 12.5. The lowest BCUT2D eigenvalue weighted by atomic mass is 10.1. The first-order valence-electron chi connectivity index (χ1n) is 8.25. The molecule has 0 aliphatic heterocycles. The molecule has 1 N–H and O–H groups in total. The molecule has 0 saturated carbocycles. The van der Waals surface area contributed by atoms with E-state index in [0.29, 0.717) is 28.3 Å². The number of amides is 1. The van der Waals surface area contributed by atoms with Crippen LogP contribution in [0.4, 0.5) is 5.69 Å². The minimum absolute atomic E-state index is 0.0956. The van der Waals surface area contributed by atoms with E-state index in [1.54, 1.807) is 62.8 Å². The molecule has 1 amide bonds. The van der Waals surface area contributed by atoms with Gasteiger partial charge in [-0.2, -0.15) is 5.26 Å². The molecule has 3 rings (SSSR count). The second-order valence-corrected chi connectivity index (χ2v) is 6.14. The number of pyridine rings is 1. The highest BCUT2D eigenvalue weighted by atomic mass is 35.5. The summed E-state index contributed by atoms with van der Waals surface area (Å²) in [7, 11) is 3.13. The van der Waals surface area contributed by atoms with Gasteiger partial charge in [0.25, 0.3) is 5.91 Å². The summed E-state index contributed by atoms with van der Waals surface area (Å²) >= 11 is 6.23. The molecule has 6 nitrogen and oxygen atoms in total. The van der Waals surface area contributed by atoms with Gasteiger partial charge in [-0.25, -0.2) is 4.98 Å². The monoisotopic (exact) mass is 393 g/mol. The van der Waals surface area contributed by atoms with Gasteiger partial charge in [0.05, 0.1) is 19.7 Å². The highest BCUT2D eigenvalue weighted by Gasteiger charge is 2.12. The zero-order valence-corrected chi connectivity index (χ0v) is 15.9. The molecule has 0 radical (unpaired) electrons. The number of carbonyl (C=O) groups excluding carboxylic acids is 1. The van der Waals surface area contributed by atoms with Crippen LogP contribution in [-0.2, 0) is 4.79 Å². The number of ether oxygens (including phenoxy) is 2. The zero-order chi connectivity index (χ0) is 20.1. The molecule has 0 unspecified atom stereocenters. The summed E-state index contributed by atoms with van der Waals surface area (Å²) in [6.07, 6.45) is 1.41. The fourth-order valence-corrected chi connectivity index (χ4v) is 2.75. The second-order valence-electron chi connectivity index (χ2n) is 5.78. The van der Waals surface area contributed by atoms with Crippen molar-refractivity contribution >= 4 is 40.2 Å². The molecular weight excluding hydrogens is 378 g/mol. The van der Waals surface area contributed by atoms with E-state index in [1.165, 1.54) is 6.08 Å². The van der Waals surface area contributed by atoms with Crippen molar-refractivity contribution in [2.75, 3.05) is 19.5 Å². The number of nitriles is 1. The van der Waals surface area contributed by atoms with Gasteiger partial charge in [-0.3, -0.25) is 4.79 Å². The van der Waals surface area contributed by atoms with Gasteiger partial charge in [0, 0.05) is 16.6 Å². The highest BCUT2D eigenvalue weighted by Crippen LogP contribution is 2.26. The van der Waals surface area contributed by atoms with Crippen LogP contribution in [0, 0.1) is 11.3 Å². The van der Waals surface area contributed by atoms with Gasteiger partial charge in [-0.05, 0) is 54.6 Å². The summed E-state index contributed by atoms with van der Waals surface area (Å²) in [5.41, 5.74) is 1.59. The molecule has 1 heterocycles. The van der Waals surface area contributed by atoms with E-state index in [2.05, 4.69) is 10.3 Å². The van der Waals surface area contributed by atoms with E-state index in [0.717, 1.165) is 5.39 Å². The van der Waals surface area contributed by atoms with Crippen molar-refractivity contribution in [1.29, 1.82) is 5.26 Å². The third-order valence-corrected chi connectivity index (χ3v) is 4.32. The van der Waals surface area contributed by atoms with Crippen LogP contribution in [0.2, 0.25) is 5.15 Å². The average molecular weight is 394 g/mol. The number of nitrogens with one attached hydrogen (secondary N) is 1. The molecule has 0 spiro atoms. The first-order valence-corrected chi connectivity index (χ1v) is 8.63. The summed E-state index contributed by atoms with van der Waals surface area (Å²) in [4.78, 5) is 16.8. The Hall–Kier alpha value is -3.56. The smallest absolute Gasteiger partial charge is 0.266 e. The third-order valence-electron chi connectivity index (χ3n) is 4.02.